The number of rotatable bonds is 5. The van der Waals surface area contributed by atoms with Crippen LogP contribution in [-0.2, 0) is 11.2 Å². The van der Waals surface area contributed by atoms with E-state index in [1.165, 1.54) is 5.56 Å². The van der Waals surface area contributed by atoms with Crippen LogP contribution in [0.25, 0.3) is 0 Å². The van der Waals surface area contributed by atoms with Gasteiger partial charge in [-0.05, 0) is 29.4 Å². The lowest BCUT2D eigenvalue weighted by Crippen LogP contribution is -2.17. The van der Waals surface area contributed by atoms with E-state index in [0.29, 0.717) is 5.92 Å². The molecule has 0 spiro atoms. The molecular formula is C15H22O2. The molecule has 1 aromatic carbocycles. The predicted molar refractivity (Wildman–Crippen MR) is 70.2 cm³/mol. The number of aliphatic carboxylic acids is 1. The lowest BCUT2D eigenvalue weighted by Gasteiger charge is -2.17. The first-order chi connectivity index (χ1) is 7.91. The summed E-state index contributed by atoms with van der Waals surface area (Å²) in [6, 6.07) is 8.00. The molecule has 0 saturated heterocycles. The summed E-state index contributed by atoms with van der Waals surface area (Å²) in [5.41, 5.74) is 2.15. The summed E-state index contributed by atoms with van der Waals surface area (Å²) >= 11 is 0. The Labute approximate surface area is 104 Å². The van der Waals surface area contributed by atoms with E-state index in [9.17, 15) is 9.90 Å². The van der Waals surface area contributed by atoms with Gasteiger partial charge in [-0.1, -0.05) is 52.0 Å². The van der Waals surface area contributed by atoms with Crippen molar-refractivity contribution in [2.45, 2.75) is 40.0 Å². The zero-order chi connectivity index (χ0) is 13.0. The molecule has 2 heteroatoms. The molecule has 1 aromatic rings. The van der Waals surface area contributed by atoms with E-state index < -0.39 is 11.9 Å². The molecule has 0 aliphatic rings. The first-order valence-electron chi connectivity index (χ1n) is 6.23. The summed E-state index contributed by atoms with van der Waals surface area (Å²) in [7, 11) is 0. The number of benzene rings is 1. The van der Waals surface area contributed by atoms with Crippen LogP contribution in [0.15, 0.2) is 24.3 Å². The molecule has 94 valence electrons. The quantitative estimate of drug-likeness (QED) is 0.843. The predicted octanol–water partition coefficient (Wildman–Crippen LogP) is 3.71. The molecule has 17 heavy (non-hydrogen) atoms. The van der Waals surface area contributed by atoms with Crippen molar-refractivity contribution in [3.05, 3.63) is 35.4 Å². The molecule has 0 radical (unpaired) electrons. The number of carboxylic acid groups (broad SMARTS) is 1. The Hall–Kier alpha value is -1.31. The minimum Gasteiger partial charge on any atom is -0.481 e. The lowest BCUT2D eigenvalue weighted by molar-refractivity contribution is -0.139. The van der Waals surface area contributed by atoms with Gasteiger partial charge in [0, 0.05) is 0 Å². The van der Waals surface area contributed by atoms with E-state index in [1.54, 1.807) is 0 Å². The van der Waals surface area contributed by atoms with Crippen molar-refractivity contribution in [3.63, 3.8) is 0 Å². The van der Waals surface area contributed by atoms with E-state index in [1.807, 2.05) is 32.0 Å². The Morgan fingerprint density at radius 1 is 1.24 bits per heavy atom. The topological polar surface area (TPSA) is 37.3 Å². The molecule has 0 heterocycles. The van der Waals surface area contributed by atoms with Crippen molar-refractivity contribution in [3.8, 4) is 0 Å². The summed E-state index contributed by atoms with van der Waals surface area (Å²) in [4.78, 5) is 11.3. The van der Waals surface area contributed by atoms with Gasteiger partial charge in [-0.25, -0.2) is 0 Å². The van der Waals surface area contributed by atoms with E-state index >= 15 is 0 Å². The van der Waals surface area contributed by atoms with Gasteiger partial charge in [0.15, 0.2) is 0 Å². The van der Waals surface area contributed by atoms with Gasteiger partial charge < -0.3 is 5.11 Å². The summed E-state index contributed by atoms with van der Waals surface area (Å²) in [5, 5.41) is 9.27. The van der Waals surface area contributed by atoms with Crippen LogP contribution in [0.3, 0.4) is 0 Å². The summed E-state index contributed by atoms with van der Waals surface area (Å²) in [5.74, 6) is -0.432. The molecule has 2 nitrogen and oxygen atoms in total. The number of carbonyl (C=O) groups is 1. The number of hydrogen-bond donors (Lipinski definition) is 1. The summed E-state index contributed by atoms with van der Waals surface area (Å²) in [6.45, 7) is 8.25. The van der Waals surface area contributed by atoms with Gasteiger partial charge in [0.1, 0.15) is 0 Å². The van der Waals surface area contributed by atoms with Crippen molar-refractivity contribution < 1.29 is 9.90 Å². The van der Waals surface area contributed by atoms with Crippen LogP contribution in [0.4, 0.5) is 0 Å². The van der Waals surface area contributed by atoms with E-state index in [0.717, 1.165) is 12.0 Å². The molecule has 0 aromatic heterocycles. The van der Waals surface area contributed by atoms with E-state index in [2.05, 4.69) is 19.9 Å². The van der Waals surface area contributed by atoms with Crippen molar-refractivity contribution in [2.75, 3.05) is 0 Å². The molecule has 0 bridgehead atoms. The molecule has 0 amide bonds. The van der Waals surface area contributed by atoms with Gasteiger partial charge in [0.2, 0.25) is 0 Å². The molecule has 1 N–H and O–H groups in total. The second kappa shape index (κ2) is 5.85. The fourth-order valence-electron chi connectivity index (χ4n) is 2.20. The maximum Gasteiger partial charge on any atom is 0.311 e. The van der Waals surface area contributed by atoms with Crippen LogP contribution in [0.5, 0.6) is 0 Å². The molecule has 0 aliphatic carbocycles. The highest BCUT2D eigenvalue weighted by atomic mass is 16.4. The third-order valence-corrected chi connectivity index (χ3v) is 2.89. The minimum atomic E-state index is -0.735. The van der Waals surface area contributed by atoms with Crippen LogP contribution in [-0.4, -0.2) is 11.1 Å². The van der Waals surface area contributed by atoms with Crippen LogP contribution in [0, 0.1) is 11.8 Å². The van der Waals surface area contributed by atoms with Gasteiger partial charge in [0.25, 0.3) is 0 Å². The highest BCUT2D eigenvalue weighted by Crippen LogP contribution is 2.26. The highest BCUT2D eigenvalue weighted by molar-refractivity contribution is 5.76. The summed E-state index contributed by atoms with van der Waals surface area (Å²) in [6.07, 6.45) is 0.998. The Kier molecular flexibility index (Phi) is 4.73. The third kappa shape index (κ3) is 3.88. The average Bonchev–Trinajstić information content (AvgIpc) is 2.15. The van der Waals surface area contributed by atoms with Crippen molar-refractivity contribution >= 4 is 5.97 Å². The molecular weight excluding hydrogens is 212 g/mol. The first-order valence-corrected chi connectivity index (χ1v) is 6.23. The third-order valence-electron chi connectivity index (χ3n) is 2.89. The molecule has 1 unspecified atom stereocenters. The van der Waals surface area contributed by atoms with E-state index in [-0.39, 0.29) is 5.92 Å². The Bertz CT molecular complexity index is 380. The minimum absolute atomic E-state index is 0.113. The molecule has 0 fully saturated rings. The average molecular weight is 234 g/mol. The van der Waals surface area contributed by atoms with Crippen molar-refractivity contribution in [1.82, 2.24) is 0 Å². The lowest BCUT2D eigenvalue weighted by atomic mass is 9.87. The Morgan fingerprint density at radius 2 is 1.88 bits per heavy atom. The summed E-state index contributed by atoms with van der Waals surface area (Å²) < 4.78 is 0. The second-order valence-corrected chi connectivity index (χ2v) is 5.40. The van der Waals surface area contributed by atoms with Crippen LogP contribution in [0.1, 0.15) is 44.7 Å². The Morgan fingerprint density at radius 3 is 2.35 bits per heavy atom. The Balaban J connectivity index is 3.00. The fraction of sp³-hybridized carbons (Fsp3) is 0.533. The van der Waals surface area contributed by atoms with Gasteiger partial charge >= 0.3 is 5.97 Å². The molecule has 0 aliphatic heterocycles. The smallest absolute Gasteiger partial charge is 0.311 e. The SMILES string of the molecule is CC(C)Cc1cccc(C(C(=O)O)C(C)C)c1. The first kappa shape index (κ1) is 13.8. The second-order valence-electron chi connectivity index (χ2n) is 5.40. The normalized spacial score (nSPS) is 13.1. The van der Waals surface area contributed by atoms with E-state index in [4.69, 9.17) is 0 Å². The standard InChI is InChI=1S/C15H22O2/c1-10(2)8-12-6-5-7-13(9-12)14(11(3)4)15(16)17/h5-7,9-11,14H,8H2,1-4H3,(H,16,17). The monoisotopic (exact) mass is 234 g/mol. The van der Waals surface area contributed by atoms with Gasteiger partial charge in [0.05, 0.1) is 5.92 Å². The van der Waals surface area contributed by atoms with Crippen molar-refractivity contribution in [1.29, 1.82) is 0 Å². The van der Waals surface area contributed by atoms with Crippen molar-refractivity contribution in [2.24, 2.45) is 11.8 Å². The molecule has 0 saturated carbocycles. The number of hydrogen-bond acceptors (Lipinski definition) is 1. The van der Waals surface area contributed by atoms with Gasteiger partial charge in [-0.15, -0.1) is 0 Å². The highest BCUT2D eigenvalue weighted by Gasteiger charge is 2.23. The zero-order valence-corrected chi connectivity index (χ0v) is 11.1. The maximum atomic E-state index is 11.3. The molecule has 1 atom stereocenters. The molecule has 1 rings (SSSR count). The maximum absolute atomic E-state index is 11.3. The van der Waals surface area contributed by atoms with Crippen LogP contribution in [0.2, 0.25) is 0 Å². The number of carboxylic acids is 1. The zero-order valence-electron chi connectivity index (χ0n) is 11.1. The fourth-order valence-corrected chi connectivity index (χ4v) is 2.20. The van der Waals surface area contributed by atoms with Gasteiger partial charge in [-0.2, -0.15) is 0 Å². The van der Waals surface area contributed by atoms with Gasteiger partial charge in [-0.3, -0.25) is 4.79 Å². The van der Waals surface area contributed by atoms with Crippen LogP contribution < -0.4 is 0 Å². The van der Waals surface area contributed by atoms with Crippen LogP contribution >= 0.6 is 0 Å². The largest absolute Gasteiger partial charge is 0.481 e.